The second kappa shape index (κ2) is 7.55. The minimum atomic E-state index is -0.513. The molecule has 2 aromatic rings. The lowest BCUT2D eigenvalue weighted by molar-refractivity contribution is -0.124. The van der Waals surface area contributed by atoms with E-state index in [2.05, 4.69) is 11.4 Å². The van der Waals surface area contributed by atoms with Crippen molar-refractivity contribution < 1.29 is 18.7 Å². The van der Waals surface area contributed by atoms with Crippen LogP contribution in [-0.4, -0.2) is 32.8 Å². The van der Waals surface area contributed by atoms with Gasteiger partial charge in [0.15, 0.2) is 0 Å². The number of amides is 1. The van der Waals surface area contributed by atoms with Crippen molar-refractivity contribution in [2.75, 3.05) is 26.9 Å². The minimum absolute atomic E-state index is 0.0277. The van der Waals surface area contributed by atoms with Crippen LogP contribution < -0.4 is 10.1 Å². The third kappa shape index (κ3) is 3.39. The number of methoxy groups -OCH3 is 1. The second-order valence-electron chi connectivity index (χ2n) is 7.86. The Labute approximate surface area is 165 Å². The molecule has 28 heavy (non-hydrogen) atoms. The molecule has 148 valence electrons. The molecule has 2 aliphatic rings. The first kappa shape index (κ1) is 18.9. The average molecular weight is 383 g/mol. The number of hydrogen-bond donors (Lipinski definition) is 1. The van der Waals surface area contributed by atoms with Crippen LogP contribution in [-0.2, 0) is 20.4 Å². The Morgan fingerprint density at radius 2 is 1.75 bits per heavy atom. The van der Waals surface area contributed by atoms with Gasteiger partial charge in [0.1, 0.15) is 11.6 Å². The van der Waals surface area contributed by atoms with Crippen molar-refractivity contribution in [3.8, 4) is 5.75 Å². The van der Waals surface area contributed by atoms with Crippen molar-refractivity contribution in [1.29, 1.82) is 0 Å². The number of carbonyl (C=O) groups is 1. The minimum Gasteiger partial charge on any atom is -0.496 e. The van der Waals surface area contributed by atoms with Gasteiger partial charge in [-0.2, -0.15) is 0 Å². The molecular formula is C23H26FNO3. The summed E-state index contributed by atoms with van der Waals surface area (Å²) in [6.45, 7) is 1.87. The number of hydrogen-bond acceptors (Lipinski definition) is 3. The number of ether oxygens (including phenoxy) is 2. The Morgan fingerprint density at radius 1 is 1.07 bits per heavy atom. The van der Waals surface area contributed by atoms with E-state index < -0.39 is 5.41 Å². The monoisotopic (exact) mass is 383 g/mol. The van der Waals surface area contributed by atoms with Crippen LogP contribution in [0.2, 0.25) is 0 Å². The summed E-state index contributed by atoms with van der Waals surface area (Å²) in [6.07, 6.45) is 3.26. The number of halogens is 1. The van der Waals surface area contributed by atoms with E-state index in [1.54, 1.807) is 19.2 Å². The van der Waals surface area contributed by atoms with Gasteiger partial charge in [-0.15, -0.1) is 0 Å². The molecule has 1 saturated heterocycles. The maximum Gasteiger partial charge on any atom is 0.230 e. The summed E-state index contributed by atoms with van der Waals surface area (Å²) in [6, 6.07) is 14.3. The lowest BCUT2D eigenvalue weighted by Crippen LogP contribution is -2.47. The van der Waals surface area contributed by atoms with Crippen molar-refractivity contribution in [2.24, 2.45) is 0 Å². The number of rotatable bonds is 6. The summed E-state index contributed by atoms with van der Waals surface area (Å²) < 4.78 is 24.5. The van der Waals surface area contributed by atoms with Gasteiger partial charge < -0.3 is 14.8 Å². The molecule has 1 amide bonds. The van der Waals surface area contributed by atoms with E-state index in [1.807, 2.05) is 18.2 Å². The van der Waals surface area contributed by atoms with Gasteiger partial charge in [0.25, 0.3) is 0 Å². The van der Waals surface area contributed by atoms with Crippen molar-refractivity contribution >= 4 is 5.91 Å². The fourth-order valence-electron chi connectivity index (χ4n) is 4.35. The largest absolute Gasteiger partial charge is 0.496 e. The van der Waals surface area contributed by atoms with Gasteiger partial charge in [-0.05, 0) is 49.4 Å². The molecule has 1 aliphatic heterocycles. The highest BCUT2D eigenvalue weighted by Crippen LogP contribution is 2.49. The molecule has 1 heterocycles. The first-order valence-corrected chi connectivity index (χ1v) is 9.85. The third-order valence-corrected chi connectivity index (χ3v) is 6.30. The lowest BCUT2D eigenvalue weighted by atomic mass is 9.73. The molecule has 0 atom stereocenters. The number of carbonyl (C=O) groups excluding carboxylic acids is 1. The topological polar surface area (TPSA) is 47.6 Å². The Bertz CT molecular complexity index is 839. The Morgan fingerprint density at radius 3 is 2.39 bits per heavy atom. The van der Waals surface area contributed by atoms with Crippen LogP contribution in [0.4, 0.5) is 4.39 Å². The highest BCUT2D eigenvalue weighted by atomic mass is 19.1. The van der Waals surface area contributed by atoms with E-state index in [0.717, 1.165) is 42.6 Å². The maximum absolute atomic E-state index is 13.3. The molecule has 0 radical (unpaired) electrons. The molecule has 1 saturated carbocycles. The third-order valence-electron chi connectivity index (χ3n) is 6.30. The average Bonchev–Trinajstić information content (AvgIpc) is 3.55. The van der Waals surface area contributed by atoms with E-state index in [9.17, 15) is 9.18 Å². The smallest absolute Gasteiger partial charge is 0.230 e. The fourth-order valence-corrected chi connectivity index (χ4v) is 4.35. The summed E-state index contributed by atoms with van der Waals surface area (Å²) in [7, 11) is 1.68. The summed E-state index contributed by atoms with van der Waals surface area (Å²) in [4.78, 5) is 13.1. The van der Waals surface area contributed by atoms with E-state index >= 15 is 0 Å². The molecule has 2 fully saturated rings. The molecule has 2 aromatic carbocycles. The van der Waals surface area contributed by atoms with Crippen LogP contribution in [0.15, 0.2) is 48.5 Å². The standard InChI is InChI=1S/C23H26FNO3/c1-27-20-5-3-2-4-19(20)22(12-14-28-15-13-22)16-25-21(26)23(10-11-23)17-6-8-18(24)9-7-17/h2-9H,10-16H2,1H3,(H,25,26). The van der Waals surface area contributed by atoms with Crippen LogP contribution in [0.3, 0.4) is 0 Å². The molecule has 4 rings (SSSR count). The van der Waals surface area contributed by atoms with Gasteiger partial charge in [0.2, 0.25) is 5.91 Å². The number of nitrogens with one attached hydrogen (secondary N) is 1. The molecule has 0 spiro atoms. The first-order valence-electron chi connectivity index (χ1n) is 9.85. The predicted octanol–water partition coefficient (Wildman–Crippen LogP) is 3.73. The SMILES string of the molecule is COc1ccccc1C1(CNC(=O)C2(c3ccc(F)cc3)CC2)CCOCC1. The summed E-state index contributed by atoms with van der Waals surface area (Å²) in [5, 5.41) is 3.22. The van der Waals surface area contributed by atoms with Crippen LogP contribution >= 0.6 is 0 Å². The van der Waals surface area contributed by atoms with E-state index in [-0.39, 0.29) is 17.1 Å². The van der Waals surface area contributed by atoms with E-state index in [1.165, 1.54) is 12.1 Å². The zero-order valence-corrected chi connectivity index (χ0v) is 16.2. The highest BCUT2D eigenvalue weighted by Gasteiger charge is 2.51. The Hall–Kier alpha value is -2.40. The molecule has 1 N–H and O–H groups in total. The van der Waals surface area contributed by atoms with Gasteiger partial charge in [-0.1, -0.05) is 30.3 Å². The number of para-hydroxylation sites is 1. The molecular weight excluding hydrogens is 357 g/mol. The molecule has 0 unspecified atom stereocenters. The van der Waals surface area contributed by atoms with Crippen LogP contribution in [0.1, 0.15) is 36.8 Å². The zero-order valence-electron chi connectivity index (χ0n) is 16.2. The predicted molar refractivity (Wildman–Crippen MR) is 105 cm³/mol. The van der Waals surface area contributed by atoms with Gasteiger partial charge in [-0.3, -0.25) is 4.79 Å². The van der Waals surface area contributed by atoms with Crippen molar-refractivity contribution in [3.05, 3.63) is 65.5 Å². The van der Waals surface area contributed by atoms with Gasteiger partial charge in [0.05, 0.1) is 12.5 Å². The van der Waals surface area contributed by atoms with Crippen LogP contribution in [0.5, 0.6) is 5.75 Å². The van der Waals surface area contributed by atoms with Crippen molar-refractivity contribution in [2.45, 2.75) is 36.5 Å². The van der Waals surface area contributed by atoms with Crippen molar-refractivity contribution in [3.63, 3.8) is 0 Å². The second-order valence-corrected chi connectivity index (χ2v) is 7.86. The maximum atomic E-state index is 13.3. The quantitative estimate of drug-likeness (QED) is 0.827. The Balaban J connectivity index is 1.55. The fraction of sp³-hybridized carbons (Fsp3) is 0.435. The summed E-state index contributed by atoms with van der Waals surface area (Å²) >= 11 is 0. The van der Waals surface area contributed by atoms with Gasteiger partial charge in [0, 0.05) is 30.7 Å². The lowest BCUT2D eigenvalue weighted by Gasteiger charge is -2.39. The normalized spacial score (nSPS) is 19.6. The summed E-state index contributed by atoms with van der Waals surface area (Å²) in [5.74, 6) is 0.593. The first-order chi connectivity index (χ1) is 13.6. The van der Waals surface area contributed by atoms with Gasteiger partial charge >= 0.3 is 0 Å². The zero-order chi connectivity index (χ0) is 19.6. The van der Waals surface area contributed by atoms with Crippen LogP contribution in [0, 0.1) is 5.82 Å². The van der Waals surface area contributed by atoms with Crippen molar-refractivity contribution in [1.82, 2.24) is 5.32 Å². The van der Waals surface area contributed by atoms with Crippen LogP contribution in [0.25, 0.3) is 0 Å². The summed E-state index contributed by atoms with van der Waals surface area (Å²) in [5.41, 5.74) is 1.29. The molecule has 4 nitrogen and oxygen atoms in total. The highest BCUT2D eigenvalue weighted by molar-refractivity contribution is 5.91. The number of benzene rings is 2. The molecule has 1 aliphatic carbocycles. The Kier molecular flexibility index (Phi) is 5.11. The van der Waals surface area contributed by atoms with E-state index in [0.29, 0.717) is 19.8 Å². The molecule has 0 aromatic heterocycles. The van der Waals surface area contributed by atoms with Gasteiger partial charge in [-0.25, -0.2) is 4.39 Å². The van der Waals surface area contributed by atoms with E-state index in [4.69, 9.17) is 9.47 Å². The molecule has 5 heteroatoms. The molecule has 0 bridgehead atoms.